The summed E-state index contributed by atoms with van der Waals surface area (Å²) in [6, 6.07) is 8.11. The van der Waals surface area contributed by atoms with Gasteiger partial charge in [-0.3, -0.25) is 0 Å². The minimum absolute atomic E-state index is 0.158. The number of halogens is 3. The summed E-state index contributed by atoms with van der Waals surface area (Å²) >= 11 is 17.3. The monoisotopic (exact) mass is 377 g/mol. The van der Waals surface area contributed by atoms with E-state index in [0.717, 1.165) is 23.0 Å². The van der Waals surface area contributed by atoms with Gasteiger partial charge in [0.05, 0.1) is 16.1 Å². The number of hydrogen-bond acceptors (Lipinski definition) is 2. The normalized spacial score (nSPS) is 12.6. The molecule has 19 heavy (non-hydrogen) atoms. The fourth-order valence-electron chi connectivity index (χ4n) is 1.84. The van der Waals surface area contributed by atoms with Gasteiger partial charge in [0.15, 0.2) is 0 Å². The fraction of sp³-hybridized carbons (Fsp3) is 0.286. The second-order valence-electron chi connectivity index (χ2n) is 4.23. The van der Waals surface area contributed by atoms with Gasteiger partial charge >= 0.3 is 0 Å². The van der Waals surface area contributed by atoms with Crippen LogP contribution in [0.2, 0.25) is 10.0 Å². The van der Waals surface area contributed by atoms with E-state index in [-0.39, 0.29) is 6.04 Å². The molecule has 1 atom stereocenters. The maximum atomic E-state index is 6.12. The lowest BCUT2D eigenvalue weighted by atomic mass is 10.1. The van der Waals surface area contributed by atoms with Crippen molar-refractivity contribution in [2.24, 2.45) is 0 Å². The molecule has 1 aromatic carbocycles. The molecule has 2 aromatic rings. The van der Waals surface area contributed by atoms with Gasteiger partial charge in [-0.15, -0.1) is 11.3 Å². The molecule has 0 aliphatic rings. The Bertz CT molecular complexity index is 556. The molecule has 0 amide bonds. The maximum absolute atomic E-state index is 6.12. The Hall–Kier alpha value is -0.0600. The molecule has 0 aliphatic heterocycles. The highest BCUT2D eigenvalue weighted by Crippen LogP contribution is 2.33. The van der Waals surface area contributed by atoms with Gasteiger partial charge in [0.1, 0.15) is 0 Å². The molecule has 1 nitrogen and oxygen atoms in total. The van der Waals surface area contributed by atoms with Crippen molar-refractivity contribution in [1.82, 2.24) is 5.32 Å². The van der Waals surface area contributed by atoms with Gasteiger partial charge in [-0.25, -0.2) is 0 Å². The zero-order chi connectivity index (χ0) is 13.8. The Labute approximate surface area is 136 Å². The summed E-state index contributed by atoms with van der Waals surface area (Å²) in [7, 11) is 0. The Morgan fingerprint density at radius 2 is 2.05 bits per heavy atom. The molecule has 2 rings (SSSR count). The second kappa shape index (κ2) is 7.09. The first kappa shape index (κ1) is 15.3. The van der Waals surface area contributed by atoms with E-state index in [4.69, 9.17) is 23.2 Å². The number of benzene rings is 1. The molecule has 0 saturated heterocycles. The zero-order valence-electron chi connectivity index (χ0n) is 10.4. The predicted octanol–water partition coefficient (Wildman–Crippen LogP) is 5.91. The minimum atomic E-state index is 0.158. The van der Waals surface area contributed by atoms with Crippen LogP contribution in [0.3, 0.4) is 0 Å². The molecule has 102 valence electrons. The van der Waals surface area contributed by atoms with Crippen LogP contribution >= 0.6 is 50.5 Å². The van der Waals surface area contributed by atoms with Crippen LogP contribution in [-0.4, -0.2) is 6.54 Å². The molecule has 0 aliphatic carbocycles. The smallest absolute Gasteiger partial charge is 0.0671 e. The summed E-state index contributed by atoms with van der Waals surface area (Å²) < 4.78 is 1.11. The molecule has 0 spiro atoms. The predicted molar refractivity (Wildman–Crippen MR) is 88.6 cm³/mol. The lowest BCUT2D eigenvalue weighted by Gasteiger charge is -2.18. The van der Waals surface area contributed by atoms with Crippen molar-refractivity contribution in [3.05, 3.63) is 54.6 Å². The number of rotatable bonds is 5. The topological polar surface area (TPSA) is 12.0 Å². The largest absolute Gasteiger partial charge is 0.306 e. The van der Waals surface area contributed by atoms with Crippen LogP contribution in [0.4, 0.5) is 0 Å². The average molecular weight is 379 g/mol. The minimum Gasteiger partial charge on any atom is -0.306 e. The highest BCUT2D eigenvalue weighted by Gasteiger charge is 2.16. The van der Waals surface area contributed by atoms with Crippen molar-refractivity contribution >= 4 is 50.5 Å². The van der Waals surface area contributed by atoms with Gasteiger partial charge in [0.25, 0.3) is 0 Å². The van der Waals surface area contributed by atoms with Crippen LogP contribution in [-0.2, 0) is 0 Å². The highest BCUT2D eigenvalue weighted by molar-refractivity contribution is 9.10. The highest BCUT2D eigenvalue weighted by atomic mass is 79.9. The maximum Gasteiger partial charge on any atom is 0.0671 e. The van der Waals surface area contributed by atoms with Crippen molar-refractivity contribution in [2.45, 2.75) is 19.4 Å². The van der Waals surface area contributed by atoms with Crippen molar-refractivity contribution in [1.29, 1.82) is 0 Å². The van der Waals surface area contributed by atoms with Crippen LogP contribution in [0.15, 0.2) is 34.1 Å². The molecule has 1 unspecified atom stereocenters. The van der Waals surface area contributed by atoms with E-state index in [1.165, 1.54) is 4.88 Å². The van der Waals surface area contributed by atoms with Crippen LogP contribution in [0.25, 0.3) is 0 Å². The first-order valence-electron chi connectivity index (χ1n) is 6.04. The third-order valence-corrected chi connectivity index (χ3v) is 5.25. The van der Waals surface area contributed by atoms with Gasteiger partial charge in [-0.1, -0.05) is 36.2 Å². The van der Waals surface area contributed by atoms with Crippen molar-refractivity contribution < 1.29 is 0 Å². The van der Waals surface area contributed by atoms with Gasteiger partial charge in [-0.2, -0.15) is 0 Å². The fourth-order valence-corrected chi connectivity index (χ4v) is 3.70. The Kier molecular flexibility index (Phi) is 5.72. The van der Waals surface area contributed by atoms with Crippen LogP contribution in [0, 0.1) is 0 Å². The molecular formula is C14H14BrCl2NS. The first-order chi connectivity index (χ1) is 9.11. The molecule has 0 saturated carbocycles. The van der Waals surface area contributed by atoms with Crippen molar-refractivity contribution in [3.8, 4) is 0 Å². The molecular weight excluding hydrogens is 365 g/mol. The number of thiophene rings is 1. The van der Waals surface area contributed by atoms with E-state index in [2.05, 4.69) is 39.6 Å². The summed E-state index contributed by atoms with van der Waals surface area (Å²) in [5, 5.41) is 6.83. The van der Waals surface area contributed by atoms with Crippen LogP contribution < -0.4 is 5.32 Å². The standard InChI is InChI=1S/C14H14BrCl2NS/c1-2-5-18-14(13-7-10(15)8-19-13)9-3-4-11(16)12(17)6-9/h3-4,6-8,14,18H,2,5H2,1H3. The van der Waals surface area contributed by atoms with Gasteiger partial charge in [-0.05, 0) is 52.7 Å². The molecule has 1 aromatic heterocycles. The van der Waals surface area contributed by atoms with Crippen molar-refractivity contribution in [2.75, 3.05) is 6.54 Å². The molecule has 0 bridgehead atoms. The lowest BCUT2D eigenvalue weighted by Crippen LogP contribution is -2.22. The Morgan fingerprint density at radius 3 is 2.63 bits per heavy atom. The summed E-state index contributed by atoms with van der Waals surface area (Å²) in [5.74, 6) is 0. The molecule has 0 radical (unpaired) electrons. The summed E-state index contributed by atoms with van der Waals surface area (Å²) in [4.78, 5) is 1.26. The zero-order valence-corrected chi connectivity index (χ0v) is 14.3. The van der Waals surface area contributed by atoms with E-state index < -0.39 is 0 Å². The molecule has 1 N–H and O–H groups in total. The van der Waals surface area contributed by atoms with E-state index in [0.29, 0.717) is 10.0 Å². The third-order valence-electron chi connectivity index (χ3n) is 2.75. The summed E-state index contributed by atoms with van der Waals surface area (Å²) in [5.41, 5.74) is 1.14. The van der Waals surface area contributed by atoms with Crippen LogP contribution in [0.1, 0.15) is 29.8 Å². The van der Waals surface area contributed by atoms with E-state index in [9.17, 15) is 0 Å². The lowest BCUT2D eigenvalue weighted by molar-refractivity contribution is 0.606. The van der Waals surface area contributed by atoms with Gasteiger partial charge in [0, 0.05) is 14.7 Å². The van der Waals surface area contributed by atoms with E-state index in [1.54, 1.807) is 11.3 Å². The number of nitrogens with one attached hydrogen (secondary N) is 1. The molecule has 0 fully saturated rings. The Morgan fingerprint density at radius 1 is 1.26 bits per heavy atom. The SMILES string of the molecule is CCCNC(c1ccc(Cl)c(Cl)c1)c1cc(Br)cs1. The van der Waals surface area contributed by atoms with Crippen molar-refractivity contribution in [3.63, 3.8) is 0 Å². The third kappa shape index (κ3) is 3.96. The van der Waals surface area contributed by atoms with Gasteiger partial charge in [0.2, 0.25) is 0 Å². The number of hydrogen-bond donors (Lipinski definition) is 1. The summed E-state index contributed by atoms with van der Waals surface area (Å²) in [6.07, 6.45) is 1.09. The molecule has 1 heterocycles. The first-order valence-corrected chi connectivity index (χ1v) is 8.47. The molecule has 5 heteroatoms. The summed E-state index contributed by atoms with van der Waals surface area (Å²) in [6.45, 7) is 3.11. The average Bonchev–Trinajstić information content (AvgIpc) is 2.80. The Balaban J connectivity index is 2.33. The van der Waals surface area contributed by atoms with Crippen LogP contribution in [0.5, 0.6) is 0 Å². The quantitative estimate of drug-likeness (QED) is 0.682. The van der Waals surface area contributed by atoms with E-state index in [1.807, 2.05) is 18.2 Å². The van der Waals surface area contributed by atoms with E-state index >= 15 is 0 Å². The van der Waals surface area contributed by atoms with Gasteiger partial charge < -0.3 is 5.32 Å². The second-order valence-corrected chi connectivity index (χ2v) is 6.90.